The molecule has 0 aromatic heterocycles. The Morgan fingerprint density at radius 3 is 1.79 bits per heavy atom. The molecule has 10 heteroatoms. The van der Waals surface area contributed by atoms with Crippen LogP contribution in [0.15, 0.2) is 24.3 Å². The summed E-state index contributed by atoms with van der Waals surface area (Å²) in [5, 5.41) is 0. The summed E-state index contributed by atoms with van der Waals surface area (Å²) in [6.07, 6.45) is -4.44. The summed E-state index contributed by atoms with van der Waals surface area (Å²) in [6, 6.07) is 6.05. The Morgan fingerprint density at radius 2 is 1.28 bits per heavy atom. The van der Waals surface area contributed by atoms with E-state index < -0.39 is 48.5 Å². The maximum Gasteiger partial charge on any atom is 0.308 e. The maximum absolute atomic E-state index is 11.6. The minimum atomic E-state index is -1.19. The second kappa shape index (κ2) is 9.87. The lowest BCUT2D eigenvalue weighted by Gasteiger charge is -2.40. The lowest BCUT2D eigenvalue weighted by atomic mass is 10.0. The van der Waals surface area contributed by atoms with Gasteiger partial charge in [0.2, 0.25) is 12.4 Å². The van der Waals surface area contributed by atoms with Gasteiger partial charge in [0.1, 0.15) is 11.5 Å². The first kappa shape index (κ1) is 22.2. The van der Waals surface area contributed by atoms with Crippen LogP contribution in [0.5, 0.6) is 11.5 Å². The van der Waals surface area contributed by atoms with Crippen molar-refractivity contribution in [1.29, 1.82) is 0 Å². The van der Waals surface area contributed by atoms with E-state index in [2.05, 4.69) is 0 Å². The topological polar surface area (TPSA) is 124 Å². The van der Waals surface area contributed by atoms with Crippen LogP contribution in [0, 0.1) is 0 Å². The van der Waals surface area contributed by atoms with Gasteiger partial charge in [-0.05, 0) is 24.3 Å². The fourth-order valence-corrected chi connectivity index (χ4v) is 2.70. The van der Waals surface area contributed by atoms with E-state index in [0.29, 0.717) is 11.5 Å². The van der Waals surface area contributed by atoms with Gasteiger partial charge in [0.25, 0.3) is 0 Å². The highest BCUT2D eigenvalue weighted by Crippen LogP contribution is 2.27. The third kappa shape index (κ3) is 6.75. The molecule has 158 valence electrons. The molecule has 1 fully saturated rings. The first-order chi connectivity index (χ1) is 13.7. The van der Waals surface area contributed by atoms with Gasteiger partial charge in [-0.3, -0.25) is 19.2 Å². The Morgan fingerprint density at radius 1 is 0.759 bits per heavy atom. The van der Waals surface area contributed by atoms with Crippen molar-refractivity contribution in [3.05, 3.63) is 24.3 Å². The highest BCUT2D eigenvalue weighted by atomic mass is 16.7. The van der Waals surface area contributed by atoms with Gasteiger partial charge >= 0.3 is 23.9 Å². The van der Waals surface area contributed by atoms with Gasteiger partial charge < -0.3 is 28.4 Å². The molecule has 1 aromatic rings. The van der Waals surface area contributed by atoms with Gasteiger partial charge in [-0.1, -0.05) is 0 Å². The van der Waals surface area contributed by atoms with Gasteiger partial charge in [-0.2, -0.15) is 0 Å². The van der Waals surface area contributed by atoms with E-state index in [-0.39, 0.29) is 6.61 Å². The van der Waals surface area contributed by atoms with Crippen LogP contribution in [0.4, 0.5) is 0 Å². The first-order valence-corrected chi connectivity index (χ1v) is 8.74. The molecule has 0 saturated carbocycles. The second-order valence-corrected chi connectivity index (χ2v) is 6.18. The molecule has 29 heavy (non-hydrogen) atoms. The fourth-order valence-electron chi connectivity index (χ4n) is 2.70. The molecule has 1 aliphatic rings. The second-order valence-electron chi connectivity index (χ2n) is 6.18. The van der Waals surface area contributed by atoms with Gasteiger partial charge in [-0.15, -0.1) is 0 Å². The predicted octanol–water partition coefficient (Wildman–Crippen LogP) is 1.14. The number of rotatable bonds is 6. The lowest BCUT2D eigenvalue weighted by Crippen LogP contribution is -2.59. The first-order valence-electron chi connectivity index (χ1n) is 8.74. The molecule has 0 N–H and O–H groups in total. The van der Waals surface area contributed by atoms with Crippen LogP contribution >= 0.6 is 0 Å². The molecule has 10 nitrogen and oxygen atoms in total. The van der Waals surface area contributed by atoms with Gasteiger partial charge in [0.05, 0.1) is 6.61 Å². The molecule has 0 spiro atoms. The number of ether oxygens (including phenoxy) is 6. The molecule has 0 amide bonds. The van der Waals surface area contributed by atoms with E-state index in [0.717, 1.165) is 0 Å². The Kier molecular flexibility index (Phi) is 7.54. The summed E-state index contributed by atoms with van der Waals surface area (Å²) in [7, 11) is 0. The Hall–Kier alpha value is -3.14. The molecule has 1 saturated heterocycles. The molecule has 1 aromatic carbocycles. The van der Waals surface area contributed by atoms with Crippen LogP contribution in [0.25, 0.3) is 0 Å². The van der Waals surface area contributed by atoms with E-state index in [1.54, 1.807) is 0 Å². The van der Waals surface area contributed by atoms with Crippen LogP contribution in [0.2, 0.25) is 0 Å². The van der Waals surface area contributed by atoms with Crippen molar-refractivity contribution in [2.75, 3.05) is 6.61 Å². The van der Waals surface area contributed by atoms with E-state index in [1.807, 2.05) is 0 Å². The quantitative estimate of drug-likeness (QED) is 0.383. The number of hydrogen-bond donors (Lipinski definition) is 0. The van der Waals surface area contributed by atoms with E-state index in [9.17, 15) is 19.2 Å². The minimum Gasteiger partial charge on any atom is -0.461 e. The fraction of sp³-hybridized carbons (Fsp3) is 0.474. The van der Waals surface area contributed by atoms with Crippen LogP contribution < -0.4 is 9.47 Å². The smallest absolute Gasteiger partial charge is 0.308 e. The highest BCUT2D eigenvalue weighted by molar-refractivity contribution is 5.69. The summed E-state index contributed by atoms with van der Waals surface area (Å²) < 4.78 is 31.8. The largest absolute Gasteiger partial charge is 0.461 e. The number of carbonyl (C=O) groups excluding carboxylic acids is 4. The molecule has 0 bridgehead atoms. The van der Waals surface area contributed by atoms with E-state index in [1.165, 1.54) is 52.0 Å². The molecule has 1 heterocycles. The third-order valence-electron chi connectivity index (χ3n) is 3.64. The summed E-state index contributed by atoms with van der Waals surface area (Å²) >= 11 is 0. The van der Waals surface area contributed by atoms with Gasteiger partial charge in [-0.25, -0.2) is 0 Å². The number of benzene rings is 1. The van der Waals surface area contributed by atoms with E-state index in [4.69, 9.17) is 28.4 Å². The maximum atomic E-state index is 11.6. The Bertz CT molecular complexity index is 757. The molecule has 4 unspecified atom stereocenters. The standard InChI is InChI=1S/C19H22O10/c1-10(20)25-14-5-7-15(8-6-14)29-19-18(28-13(4)23)17(27-12(3)22)16(9-24-19)26-11(2)21/h5-8,16-19H,9H2,1-4H3. The molecule has 4 atom stereocenters. The highest BCUT2D eigenvalue weighted by Gasteiger charge is 2.48. The van der Waals surface area contributed by atoms with Gasteiger partial charge in [0.15, 0.2) is 12.2 Å². The molecule has 0 aliphatic carbocycles. The summed E-state index contributed by atoms with van der Waals surface area (Å²) in [5.74, 6) is -1.77. The summed E-state index contributed by atoms with van der Waals surface area (Å²) in [6.45, 7) is 4.67. The zero-order chi connectivity index (χ0) is 21.6. The zero-order valence-electron chi connectivity index (χ0n) is 16.4. The van der Waals surface area contributed by atoms with Crippen molar-refractivity contribution in [1.82, 2.24) is 0 Å². The van der Waals surface area contributed by atoms with Crippen molar-refractivity contribution in [2.45, 2.75) is 52.3 Å². The summed E-state index contributed by atoms with van der Waals surface area (Å²) in [5.41, 5.74) is 0. The normalized spacial score (nSPS) is 23.4. The average Bonchev–Trinajstić information content (AvgIpc) is 2.60. The SMILES string of the molecule is CC(=O)Oc1ccc(OC2OCC(OC(C)=O)C(OC(C)=O)C2OC(C)=O)cc1. The van der Waals surface area contributed by atoms with E-state index >= 15 is 0 Å². The molecular weight excluding hydrogens is 388 g/mol. The van der Waals surface area contributed by atoms with Crippen LogP contribution in [-0.4, -0.2) is 55.1 Å². The van der Waals surface area contributed by atoms with Crippen molar-refractivity contribution < 1.29 is 47.6 Å². The summed E-state index contributed by atoms with van der Waals surface area (Å²) in [4.78, 5) is 45.5. The Labute approximate surface area is 166 Å². The number of hydrogen-bond acceptors (Lipinski definition) is 10. The molecule has 2 rings (SSSR count). The Balaban J connectivity index is 2.22. The van der Waals surface area contributed by atoms with Gasteiger partial charge in [0, 0.05) is 27.7 Å². The van der Waals surface area contributed by atoms with Crippen LogP contribution in [0.3, 0.4) is 0 Å². The lowest BCUT2D eigenvalue weighted by molar-refractivity contribution is -0.259. The molecular formula is C19H22O10. The van der Waals surface area contributed by atoms with Crippen molar-refractivity contribution in [3.63, 3.8) is 0 Å². The molecule has 1 aliphatic heterocycles. The van der Waals surface area contributed by atoms with Crippen LogP contribution in [0.1, 0.15) is 27.7 Å². The monoisotopic (exact) mass is 410 g/mol. The minimum absolute atomic E-state index is 0.147. The number of esters is 4. The number of carbonyl (C=O) groups is 4. The molecule has 0 radical (unpaired) electrons. The average molecular weight is 410 g/mol. The van der Waals surface area contributed by atoms with Crippen molar-refractivity contribution >= 4 is 23.9 Å². The van der Waals surface area contributed by atoms with Crippen LogP contribution in [-0.2, 0) is 38.1 Å². The van der Waals surface area contributed by atoms with Crippen molar-refractivity contribution in [2.24, 2.45) is 0 Å². The zero-order valence-corrected chi connectivity index (χ0v) is 16.4. The van der Waals surface area contributed by atoms with Crippen molar-refractivity contribution in [3.8, 4) is 11.5 Å². The third-order valence-corrected chi connectivity index (χ3v) is 3.64. The predicted molar refractivity (Wildman–Crippen MR) is 94.8 cm³/mol.